The van der Waals surface area contributed by atoms with E-state index in [0.29, 0.717) is 29.0 Å². The summed E-state index contributed by atoms with van der Waals surface area (Å²) in [6, 6.07) is 14.8. The summed E-state index contributed by atoms with van der Waals surface area (Å²) in [5, 5.41) is 7.87. The Morgan fingerprint density at radius 2 is 1.50 bits per heavy atom. The van der Waals surface area contributed by atoms with Gasteiger partial charge in [0.2, 0.25) is 6.79 Å². The predicted octanol–water partition coefficient (Wildman–Crippen LogP) is 2.96. The van der Waals surface area contributed by atoms with Crippen LogP contribution < -0.4 is 18.9 Å². The van der Waals surface area contributed by atoms with Crippen LogP contribution in [-0.4, -0.2) is 17.0 Å². The molecule has 1 aromatic heterocycles. The van der Waals surface area contributed by atoms with Gasteiger partial charge >= 0.3 is 0 Å². The Hall–Kier alpha value is -3.22. The smallest absolute Gasteiger partial charge is 0.254 e. The Labute approximate surface area is 137 Å². The Bertz CT molecular complexity index is 819. The van der Waals surface area contributed by atoms with Gasteiger partial charge in [0.25, 0.3) is 11.8 Å². The number of para-hydroxylation sites is 1. The molecule has 0 aliphatic carbocycles. The van der Waals surface area contributed by atoms with E-state index in [0.717, 1.165) is 5.75 Å². The van der Waals surface area contributed by atoms with Gasteiger partial charge in [0.05, 0.1) is 0 Å². The monoisotopic (exact) mass is 326 g/mol. The molecule has 3 aromatic rings. The zero-order valence-corrected chi connectivity index (χ0v) is 12.7. The predicted molar refractivity (Wildman–Crippen MR) is 82.0 cm³/mol. The van der Waals surface area contributed by atoms with Gasteiger partial charge in [0, 0.05) is 6.07 Å². The van der Waals surface area contributed by atoms with E-state index in [-0.39, 0.29) is 20.0 Å². The summed E-state index contributed by atoms with van der Waals surface area (Å²) in [6.45, 7) is 0.603. The molecular weight excluding hydrogens is 312 g/mol. The number of hydrogen-bond acceptors (Lipinski definition) is 7. The number of fused-ring (bicyclic) bond motifs is 1. The molecular formula is C17H14N2O5. The molecule has 0 atom stereocenters. The maximum Gasteiger partial charge on any atom is 0.254 e. The number of aromatic nitrogens is 2. The second-order valence-electron chi connectivity index (χ2n) is 5.00. The van der Waals surface area contributed by atoms with Crippen molar-refractivity contribution in [1.29, 1.82) is 0 Å². The number of hydrogen-bond donors (Lipinski definition) is 0. The average Bonchev–Trinajstić information content (AvgIpc) is 3.28. The topological polar surface area (TPSA) is 75.8 Å². The van der Waals surface area contributed by atoms with Gasteiger partial charge in [-0.05, 0) is 24.3 Å². The minimum Gasteiger partial charge on any atom is -0.484 e. The number of ether oxygens (including phenoxy) is 4. The maximum absolute atomic E-state index is 5.62. The lowest BCUT2D eigenvalue weighted by molar-refractivity contribution is 0.173. The largest absolute Gasteiger partial charge is 0.484 e. The van der Waals surface area contributed by atoms with Gasteiger partial charge in [-0.25, -0.2) is 0 Å². The lowest BCUT2D eigenvalue weighted by atomic mass is 10.3. The van der Waals surface area contributed by atoms with Gasteiger partial charge < -0.3 is 23.4 Å². The SMILES string of the molecule is c1ccc(OCc2nnc(COc3ccc4c(c3)OCO4)o2)cc1. The van der Waals surface area contributed by atoms with Crippen molar-refractivity contribution in [1.82, 2.24) is 10.2 Å². The minimum absolute atomic E-state index is 0.165. The molecule has 0 saturated heterocycles. The van der Waals surface area contributed by atoms with Crippen LogP contribution >= 0.6 is 0 Å². The summed E-state index contributed by atoms with van der Waals surface area (Å²) in [6.07, 6.45) is 0. The highest BCUT2D eigenvalue weighted by Gasteiger charge is 2.14. The molecule has 4 rings (SSSR count). The number of rotatable bonds is 6. The second-order valence-corrected chi connectivity index (χ2v) is 5.00. The first-order chi connectivity index (χ1) is 11.9. The molecule has 0 spiro atoms. The molecule has 2 heterocycles. The zero-order chi connectivity index (χ0) is 16.2. The Morgan fingerprint density at radius 1 is 0.792 bits per heavy atom. The van der Waals surface area contributed by atoms with Crippen LogP contribution in [0.5, 0.6) is 23.0 Å². The molecule has 1 aliphatic rings. The van der Waals surface area contributed by atoms with Crippen molar-refractivity contribution in [2.45, 2.75) is 13.2 Å². The zero-order valence-electron chi connectivity index (χ0n) is 12.7. The van der Waals surface area contributed by atoms with Crippen LogP contribution in [0.4, 0.5) is 0 Å². The Morgan fingerprint density at radius 3 is 2.29 bits per heavy atom. The fraction of sp³-hybridized carbons (Fsp3) is 0.176. The van der Waals surface area contributed by atoms with Gasteiger partial charge in [0.1, 0.15) is 11.5 Å². The molecule has 0 N–H and O–H groups in total. The standard InChI is InChI=1S/C17H14N2O5/c1-2-4-12(5-3-1)20-9-16-18-19-17(24-16)10-21-13-6-7-14-15(8-13)23-11-22-14/h1-8H,9-11H2. The van der Waals surface area contributed by atoms with Crippen LogP contribution in [0.2, 0.25) is 0 Å². The summed E-state index contributed by atoms with van der Waals surface area (Å²) >= 11 is 0. The lowest BCUT2D eigenvalue weighted by Crippen LogP contribution is -1.96. The van der Waals surface area contributed by atoms with Crippen molar-refractivity contribution in [3.05, 3.63) is 60.3 Å². The number of nitrogens with zero attached hydrogens (tertiary/aromatic N) is 2. The van der Waals surface area contributed by atoms with E-state index in [9.17, 15) is 0 Å². The molecule has 0 unspecified atom stereocenters. The van der Waals surface area contributed by atoms with Crippen LogP contribution in [0.3, 0.4) is 0 Å². The second kappa shape index (κ2) is 6.49. The highest BCUT2D eigenvalue weighted by Crippen LogP contribution is 2.35. The average molecular weight is 326 g/mol. The van der Waals surface area contributed by atoms with Crippen molar-refractivity contribution >= 4 is 0 Å². The van der Waals surface area contributed by atoms with Crippen molar-refractivity contribution < 1.29 is 23.4 Å². The molecule has 1 aliphatic heterocycles. The lowest BCUT2D eigenvalue weighted by Gasteiger charge is -2.04. The quantitative estimate of drug-likeness (QED) is 0.689. The fourth-order valence-electron chi connectivity index (χ4n) is 2.18. The molecule has 0 fully saturated rings. The first-order valence-electron chi connectivity index (χ1n) is 7.38. The van der Waals surface area contributed by atoms with E-state index in [1.807, 2.05) is 30.3 Å². The molecule has 24 heavy (non-hydrogen) atoms. The van der Waals surface area contributed by atoms with E-state index in [1.54, 1.807) is 18.2 Å². The summed E-state index contributed by atoms with van der Waals surface area (Å²) in [4.78, 5) is 0. The molecule has 122 valence electrons. The maximum atomic E-state index is 5.62. The summed E-state index contributed by atoms with van der Waals surface area (Å²) in [7, 11) is 0. The normalized spacial score (nSPS) is 12.2. The molecule has 0 bridgehead atoms. The summed E-state index contributed by atoms with van der Waals surface area (Å²) < 4.78 is 27.2. The molecule has 7 heteroatoms. The molecule has 7 nitrogen and oxygen atoms in total. The van der Waals surface area contributed by atoms with Gasteiger partial charge in [-0.1, -0.05) is 18.2 Å². The molecule has 0 saturated carbocycles. The van der Waals surface area contributed by atoms with E-state index in [4.69, 9.17) is 23.4 Å². The molecule has 0 amide bonds. The van der Waals surface area contributed by atoms with Crippen molar-refractivity contribution in [3.8, 4) is 23.0 Å². The Kier molecular flexibility index (Phi) is 3.89. The third-order valence-corrected chi connectivity index (χ3v) is 3.32. The van der Waals surface area contributed by atoms with E-state index < -0.39 is 0 Å². The van der Waals surface area contributed by atoms with Crippen LogP contribution in [0.1, 0.15) is 11.8 Å². The van der Waals surface area contributed by atoms with Crippen LogP contribution in [0.25, 0.3) is 0 Å². The highest BCUT2D eigenvalue weighted by atomic mass is 16.7. The first-order valence-corrected chi connectivity index (χ1v) is 7.38. The van der Waals surface area contributed by atoms with Gasteiger partial charge in [-0.2, -0.15) is 0 Å². The van der Waals surface area contributed by atoms with Gasteiger partial charge in [-0.3, -0.25) is 0 Å². The van der Waals surface area contributed by atoms with Crippen LogP contribution in [0.15, 0.2) is 52.9 Å². The third-order valence-electron chi connectivity index (χ3n) is 3.32. The van der Waals surface area contributed by atoms with Crippen molar-refractivity contribution in [3.63, 3.8) is 0 Å². The third kappa shape index (κ3) is 3.24. The number of benzene rings is 2. The Balaban J connectivity index is 1.32. The fourth-order valence-corrected chi connectivity index (χ4v) is 2.18. The van der Waals surface area contributed by atoms with Gasteiger partial charge in [0.15, 0.2) is 24.7 Å². The van der Waals surface area contributed by atoms with Crippen LogP contribution in [0, 0.1) is 0 Å². The van der Waals surface area contributed by atoms with E-state index >= 15 is 0 Å². The first kappa shape index (κ1) is 14.4. The summed E-state index contributed by atoms with van der Waals surface area (Å²) in [5.74, 6) is 3.52. The van der Waals surface area contributed by atoms with Gasteiger partial charge in [-0.15, -0.1) is 10.2 Å². The van der Waals surface area contributed by atoms with E-state index in [2.05, 4.69) is 10.2 Å². The van der Waals surface area contributed by atoms with Crippen molar-refractivity contribution in [2.75, 3.05) is 6.79 Å². The summed E-state index contributed by atoms with van der Waals surface area (Å²) in [5.41, 5.74) is 0. The minimum atomic E-state index is 0.165. The molecule has 2 aromatic carbocycles. The van der Waals surface area contributed by atoms with Crippen LogP contribution in [-0.2, 0) is 13.2 Å². The molecule has 0 radical (unpaired) electrons. The van der Waals surface area contributed by atoms with Crippen molar-refractivity contribution in [2.24, 2.45) is 0 Å². The van der Waals surface area contributed by atoms with E-state index in [1.165, 1.54) is 0 Å². The highest BCUT2D eigenvalue weighted by molar-refractivity contribution is 5.46.